The summed E-state index contributed by atoms with van der Waals surface area (Å²) in [6.07, 6.45) is 1.00. The molecule has 0 aliphatic heterocycles. The molecule has 0 spiro atoms. The maximum Gasteiger partial charge on any atom is 0.241 e. The van der Waals surface area contributed by atoms with Crippen LogP contribution in [0.25, 0.3) is 10.8 Å². The third-order valence-corrected chi connectivity index (χ3v) is 5.41. The molecule has 0 bridgehead atoms. The highest BCUT2D eigenvalue weighted by atomic mass is 32.2. The minimum atomic E-state index is -3.65. The predicted octanol–water partition coefficient (Wildman–Crippen LogP) is 2.67. The van der Waals surface area contributed by atoms with Crippen LogP contribution in [0.5, 0.6) is 0 Å². The summed E-state index contributed by atoms with van der Waals surface area (Å²) < 4.78 is 27.5. The highest BCUT2D eigenvalue weighted by molar-refractivity contribution is 7.89. The summed E-state index contributed by atoms with van der Waals surface area (Å²) >= 11 is 0. The monoisotopic (exact) mass is 307 g/mol. The van der Waals surface area contributed by atoms with Crippen LogP contribution in [0.2, 0.25) is 0 Å². The van der Waals surface area contributed by atoms with E-state index in [1.165, 1.54) is 0 Å². The van der Waals surface area contributed by atoms with Crippen molar-refractivity contribution in [3.05, 3.63) is 42.5 Å². The Bertz CT molecular complexity index is 716. The first-order valence-electron chi connectivity index (χ1n) is 7.11. The van der Waals surface area contributed by atoms with E-state index in [1.807, 2.05) is 38.1 Å². The topological polar surface area (TPSA) is 66.4 Å². The van der Waals surface area contributed by atoms with E-state index in [0.29, 0.717) is 18.2 Å². The first kappa shape index (κ1) is 15.9. The fourth-order valence-corrected chi connectivity index (χ4v) is 3.58. The lowest BCUT2D eigenvalue weighted by atomic mass is 9.98. The molecule has 2 aromatic carbocycles. The van der Waals surface area contributed by atoms with Crippen molar-refractivity contribution in [1.29, 1.82) is 0 Å². The van der Waals surface area contributed by atoms with E-state index >= 15 is 0 Å². The van der Waals surface area contributed by atoms with Crippen LogP contribution in [0.1, 0.15) is 26.7 Å². The van der Waals surface area contributed by atoms with Gasteiger partial charge in [0.1, 0.15) is 0 Å². The standard InChI is InChI=1S/C16H21NO3S/c1-3-16(18,4-2)12-17-21(19,20)15-11-7-9-13-8-5-6-10-14(13)15/h5-11,17-18H,3-4,12H2,1-2H3. The summed E-state index contributed by atoms with van der Waals surface area (Å²) in [5.74, 6) is 0. The molecule has 2 N–H and O–H groups in total. The van der Waals surface area contributed by atoms with E-state index in [2.05, 4.69) is 4.72 Å². The van der Waals surface area contributed by atoms with Gasteiger partial charge in [0.25, 0.3) is 0 Å². The zero-order valence-corrected chi connectivity index (χ0v) is 13.2. The fourth-order valence-electron chi connectivity index (χ4n) is 2.24. The van der Waals surface area contributed by atoms with Gasteiger partial charge in [0.2, 0.25) is 10.0 Å². The maximum atomic E-state index is 12.5. The molecule has 0 aliphatic rings. The molecular formula is C16H21NO3S. The molecule has 2 aromatic rings. The smallest absolute Gasteiger partial charge is 0.241 e. The molecule has 5 heteroatoms. The van der Waals surface area contributed by atoms with Gasteiger partial charge < -0.3 is 5.11 Å². The largest absolute Gasteiger partial charge is 0.389 e. The van der Waals surface area contributed by atoms with Gasteiger partial charge in [-0.3, -0.25) is 0 Å². The summed E-state index contributed by atoms with van der Waals surface area (Å²) in [7, 11) is -3.65. The minimum absolute atomic E-state index is 0.0194. The highest BCUT2D eigenvalue weighted by Crippen LogP contribution is 2.23. The lowest BCUT2D eigenvalue weighted by Gasteiger charge is -2.25. The number of sulfonamides is 1. The molecule has 0 heterocycles. The zero-order chi connectivity index (χ0) is 15.5. The third kappa shape index (κ3) is 3.43. The van der Waals surface area contributed by atoms with Crippen molar-refractivity contribution >= 4 is 20.8 Å². The van der Waals surface area contributed by atoms with Crippen molar-refractivity contribution in [3.63, 3.8) is 0 Å². The van der Waals surface area contributed by atoms with E-state index in [0.717, 1.165) is 5.39 Å². The molecule has 2 rings (SSSR count). The second kappa shape index (κ2) is 6.13. The summed E-state index contributed by atoms with van der Waals surface area (Å²) in [5.41, 5.74) is -1.00. The quantitative estimate of drug-likeness (QED) is 0.862. The summed E-state index contributed by atoms with van der Waals surface area (Å²) in [6, 6.07) is 12.5. The molecule has 0 aliphatic carbocycles. The Morgan fingerprint density at radius 2 is 1.67 bits per heavy atom. The molecule has 114 valence electrons. The average Bonchev–Trinajstić information content (AvgIpc) is 2.52. The van der Waals surface area contributed by atoms with Gasteiger partial charge in [0.15, 0.2) is 0 Å². The van der Waals surface area contributed by atoms with Crippen molar-refractivity contribution in [1.82, 2.24) is 4.72 Å². The average molecular weight is 307 g/mol. The van der Waals surface area contributed by atoms with E-state index < -0.39 is 15.6 Å². The van der Waals surface area contributed by atoms with Gasteiger partial charge in [-0.25, -0.2) is 13.1 Å². The van der Waals surface area contributed by atoms with Crippen LogP contribution in [0.15, 0.2) is 47.4 Å². The Morgan fingerprint density at radius 3 is 2.33 bits per heavy atom. The van der Waals surface area contributed by atoms with Crippen molar-refractivity contribution in [3.8, 4) is 0 Å². The highest BCUT2D eigenvalue weighted by Gasteiger charge is 2.26. The molecule has 0 fully saturated rings. The van der Waals surface area contributed by atoms with Gasteiger partial charge in [-0.1, -0.05) is 50.2 Å². The molecule has 21 heavy (non-hydrogen) atoms. The Kier molecular flexibility index (Phi) is 4.66. The lowest BCUT2D eigenvalue weighted by Crippen LogP contribution is -2.42. The Hall–Kier alpha value is -1.43. The normalized spacial score (nSPS) is 12.7. The molecule has 0 atom stereocenters. The van der Waals surface area contributed by atoms with Crippen molar-refractivity contribution < 1.29 is 13.5 Å². The number of benzene rings is 2. The van der Waals surface area contributed by atoms with Crippen LogP contribution < -0.4 is 4.72 Å². The van der Waals surface area contributed by atoms with Crippen LogP contribution in [0.3, 0.4) is 0 Å². The van der Waals surface area contributed by atoms with Gasteiger partial charge >= 0.3 is 0 Å². The first-order valence-corrected chi connectivity index (χ1v) is 8.60. The zero-order valence-electron chi connectivity index (χ0n) is 12.3. The SMILES string of the molecule is CCC(O)(CC)CNS(=O)(=O)c1cccc2ccccc12. The third-order valence-electron chi connectivity index (χ3n) is 3.95. The number of hydrogen-bond acceptors (Lipinski definition) is 3. The first-order chi connectivity index (χ1) is 9.92. The lowest BCUT2D eigenvalue weighted by molar-refractivity contribution is 0.0377. The van der Waals surface area contributed by atoms with Gasteiger partial charge in [-0.15, -0.1) is 0 Å². The van der Waals surface area contributed by atoms with E-state index in [-0.39, 0.29) is 11.4 Å². The molecule has 4 nitrogen and oxygen atoms in total. The Balaban J connectivity index is 2.35. The van der Waals surface area contributed by atoms with E-state index in [4.69, 9.17) is 0 Å². The van der Waals surface area contributed by atoms with Crippen molar-refractivity contribution in [2.24, 2.45) is 0 Å². The molecular weight excluding hydrogens is 286 g/mol. The summed E-state index contributed by atoms with van der Waals surface area (Å²) in [4.78, 5) is 0.246. The van der Waals surface area contributed by atoms with Crippen LogP contribution >= 0.6 is 0 Å². The molecule has 0 radical (unpaired) electrons. The van der Waals surface area contributed by atoms with E-state index in [9.17, 15) is 13.5 Å². The second-order valence-corrected chi connectivity index (χ2v) is 6.97. The number of hydrogen-bond donors (Lipinski definition) is 2. The van der Waals surface area contributed by atoms with Crippen LogP contribution in [-0.4, -0.2) is 25.7 Å². The van der Waals surface area contributed by atoms with E-state index in [1.54, 1.807) is 18.2 Å². The minimum Gasteiger partial charge on any atom is -0.389 e. The molecule has 0 saturated carbocycles. The molecule has 0 aromatic heterocycles. The number of rotatable bonds is 6. The number of fused-ring (bicyclic) bond motifs is 1. The fraction of sp³-hybridized carbons (Fsp3) is 0.375. The van der Waals surface area contributed by atoms with Crippen molar-refractivity contribution in [2.45, 2.75) is 37.2 Å². The summed E-state index contributed by atoms with van der Waals surface area (Å²) in [6.45, 7) is 3.71. The van der Waals surface area contributed by atoms with Crippen LogP contribution in [0.4, 0.5) is 0 Å². The van der Waals surface area contributed by atoms with Gasteiger partial charge in [0.05, 0.1) is 10.5 Å². The maximum absolute atomic E-state index is 12.5. The van der Waals surface area contributed by atoms with Gasteiger partial charge in [-0.2, -0.15) is 0 Å². The second-order valence-electron chi connectivity index (χ2n) is 5.23. The summed E-state index contributed by atoms with van der Waals surface area (Å²) in [5, 5.41) is 11.8. The van der Waals surface area contributed by atoms with Crippen LogP contribution in [-0.2, 0) is 10.0 Å². The molecule has 0 amide bonds. The Labute approximate surface area is 125 Å². The van der Waals surface area contributed by atoms with Gasteiger partial charge in [-0.05, 0) is 24.3 Å². The predicted molar refractivity (Wildman–Crippen MR) is 84.7 cm³/mol. The molecule has 0 unspecified atom stereocenters. The van der Waals surface area contributed by atoms with Crippen molar-refractivity contribution in [2.75, 3.05) is 6.54 Å². The number of aliphatic hydroxyl groups is 1. The number of nitrogens with one attached hydrogen (secondary N) is 1. The van der Waals surface area contributed by atoms with Crippen LogP contribution in [0, 0.1) is 0 Å². The van der Waals surface area contributed by atoms with Gasteiger partial charge in [0, 0.05) is 11.9 Å². The molecule has 0 saturated heterocycles. The Morgan fingerprint density at radius 1 is 1.05 bits per heavy atom.